The lowest BCUT2D eigenvalue weighted by Gasteiger charge is -2.63. The fourth-order valence-corrected chi connectivity index (χ4v) is 3.57. The first-order valence-corrected chi connectivity index (χ1v) is 6.53. The van der Waals surface area contributed by atoms with Gasteiger partial charge in [0.25, 0.3) is 0 Å². The number of likely N-dealkylation sites (N-methyl/N-ethyl adjacent to an activating group) is 1. The number of nitrogens with two attached hydrogens (primary N) is 1. The average molecular weight is 236 g/mol. The molecule has 1 saturated carbocycles. The molecule has 0 radical (unpaired) electrons. The maximum absolute atomic E-state index is 6.68. The van der Waals surface area contributed by atoms with Crippen LogP contribution in [-0.2, 0) is 4.74 Å². The van der Waals surface area contributed by atoms with E-state index in [4.69, 9.17) is 16.9 Å². The van der Waals surface area contributed by atoms with Gasteiger partial charge >= 0.3 is 0 Å². The standard InChI is InChI=1S/C14H24N2O/c1-5-8-16(6-2)10-14(15)11-7-9-17-12(11)13(14,3)4/h1,11-12H,6-10,15H2,2-4H3. The van der Waals surface area contributed by atoms with E-state index in [1.807, 2.05) is 0 Å². The molecule has 2 fully saturated rings. The Hall–Kier alpha value is -0.560. The van der Waals surface area contributed by atoms with E-state index in [1.54, 1.807) is 0 Å². The molecule has 1 aliphatic carbocycles. The summed E-state index contributed by atoms with van der Waals surface area (Å²) in [5.41, 5.74) is 6.58. The normalized spacial score (nSPS) is 38.6. The molecule has 0 aromatic heterocycles. The van der Waals surface area contributed by atoms with Crippen LogP contribution < -0.4 is 5.73 Å². The number of nitrogens with zero attached hydrogens (tertiary/aromatic N) is 1. The van der Waals surface area contributed by atoms with Gasteiger partial charge in [-0.15, -0.1) is 6.42 Å². The summed E-state index contributed by atoms with van der Waals surface area (Å²) in [7, 11) is 0. The largest absolute Gasteiger partial charge is 0.377 e. The third kappa shape index (κ3) is 1.71. The van der Waals surface area contributed by atoms with Crippen molar-refractivity contribution in [2.45, 2.75) is 38.8 Å². The zero-order valence-electron chi connectivity index (χ0n) is 11.2. The number of hydrogen-bond donors (Lipinski definition) is 1. The van der Waals surface area contributed by atoms with Crippen molar-refractivity contribution in [3.8, 4) is 12.3 Å². The SMILES string of the molecule is C#CCN(CC)CC1(N)C2CCOC2C1(C)C. The van der Waals surface area contributed by atoms with Crippen LogP contribution in [0.1, 0.15) is 27.2 Å². The lowest BCUT2D eigenvalue weighted by Crippen LogP contribution is -2.78. The van der Waals surface area contributed by atoms with Crippen LogP contribution >= 0.6 is 0 Å². The van der Waals surface area contributed by atoms with Crippen LogP contribution in [-0.4, -0.2) is 42.8 Å². The first-order valence-electron chi connectivity index (χ1n) is 6.53. The topological polar surface area (TPSA) is 38.5 Å². The van der Waals surface area contributed by atoms with Gasteiger partial charge in [0, 0.05) is 30.0 Å². The van der Waals surface area contributed by atoms with E-state index in [0.29, 0.717) is 18.6 Å². The molecule has 3 unspecified atom stereocenters. The van der Waals surface area contributed by atoms with Crippen molar-refractivity contribution in [1.82, 2.24) is 4.90 Å². The zero-order valence-corrected chi connectivity index (χ0v) is 11.2. The lowest BCUT2D eigenvalue weighted by molar-refractivity contribution is -0.162. The molecule has 17 heavy (non-hydrogen) atoms. The third-order valence-corrected chi connectivity index (χ3v) is 4.91. The predicted octanol–water partition coefficient (Wildman–Crippen LogP) is 1.08. The molecule has 0 amide bonds. The quantitative estimate of drug-likeness (QED) is 0.743. The van der Waals surface area contributed by atoms with E-state index in [-0.39, 0.29) is 11.0 Å². The molecular formula is C14H24N2O. The summed E-state index contributed by atoms with van der Waals surface area (Å²) >= 11 is 0. The van der Waals surface area contributed by atoms with Crippen molar-refractivity contribution in [1.29, 1.82) is 0 Å². The summed E-state index contributed by atoms with van der Waals surface area (Å²) in [6.45, 7) is 9.97. The molecule has 3 nitrogen and oxygen atoms in total. The van der Waals surface area contributed by atoms with Crippen LogP contribution in [0.4, 0.5) is 0 Å². The van der Waals surface area contributed by atoms with Crippen LogP contribution in [0, 0.1) is 23.7 Å². The van der Waals surface area contributed by atoms with Gasteiger partial charge < -0.3 is 10.5 Å². The van der Waals surface area contributed by atoms with E-state index in [9.17, 15) is 0 Å². The number of terminal acetylenes is 1. The van der Waals surface area contributed by atoms with Gasteiger partial charge in [0.1, 0.15) is 0 Å². The molecule has 1 heterocycles. The molecule has 0 bridgehead atoms. The Morgan fingerprint density at radius 3 is 2.82 bits per heavy atom. The summed E-state index contributed by atoms with van der Waals surface area (Å²) in [4.78, 5) is 2.26. The highest BCUT2D eigenvalue weighted by Gasteiger charge is 2.67. The second-order valence-electron chi connectivity index (χ2n) is 5.96. The van der Waals surface area contributed by atoms with Gasteiger partial charge in [-0.25, -0.2) is 0 Å². The van der Waals surface area contributed by atoms with Gasteiger partial charge in [-0.1, -0.05) is 26.7 Å². The maximum atomic E-state index is 6.68. The number of ether oxygens (including phenoxy) is 1. The Balaban J connectivity index is 2.11. The van der Waals surface area contributed by atoms with Crippen molar-refractivity contribution in [3.05, 3.63) is 0 Å². The maximum Gasteiger partial charge on any atom is 0.0691 e. The predicted molar refractivity (Wildman–Crippen MR) is 69.5 cm³/mol. The zero-order chi connectivity index (χ0) is 12.7. The van der Waals surface area contributed by atoms with Crippen molar-refractivity contribution >= 4 is 0 Å². The summed E-state index contributed by atoms with van der Waals surface area (Å²) in [6, 6.07) is 0. The third-order valence-electron chi connectivity index (χ3n) is 4.91. The van der Waals surface area contributed by atoms with E-state index in [0.717, 1.165) is 26.1 Å². The molecule has 2 N–H and O–H groups in total. The van der Waals surface area contributed by atoms with E-state index < -0.39 is 0 Å². The molecule has 0 aromatic rings. The first kappa shape index (κ1) is 12.9. The summed E-state index contributed by atoms with van der Waals surface area (Å²) in [5, 5.41) is 0. The summed E-state index contributed by atoms with van der Waals surface area (Å²) in [5.74, 6) is 3.22. The minimum atomic E-state index is -0.152. The number of rotatable bonds is 4. The van der Waals surface area contributed by atoms with Crippen molar-refractivity contribution < 1.29 is 4.74 Å². The van der Waals surface area contributed by atoms with Crippen LogP contribution in [0.15, 0.2) is 0 Å². The fraction of sp³-hybridized carbons (Fsp3) is 0.857. The second-order valence-corrected chi connectivity index (χ2v) is 5.96. The minimum Gasteiger partial charge on any atom is -0.377 e. The average Bonchev–Trinajstić information content (AvgIpc) is 2.76. The first-order chi connectivity index (χ1) is 7.97. The van der Waals surface area contributed by atoms with Gasteiger partial charge in [0.15, 0.2) is 0 Å². The monoisotopic (exact) mass is 236 g/mol. The summed E-state index contributed by atoms with van der Waals surface area (Å²) in [6.07, 6.45) is 6.84. The van der Waals surface area contributed by atoms with E-state index in [2.05, 4.69) is 31.6 Å². The van der Waals surface area contributed by atoms with Gasteiger partial charge in [0.2, 0.25) is 0 Å². The molecule has 2 aliphatic rings. The molecular weight excluding hydrogens is 212 g/mol. The molecule has 1 aliphatic heterocycles. The molecule has 0 aromatic carbocycles. The van der Waals surface area contributed by atoms with Gasteiger partial charge in [0.05, 0.1) is 12.6 Å². The van der Waals surface area contributed by atoms with Crippen molar-refractivity contribution in [2.75, 3.05) is 26.2 Å². The fourth-order valence-electron chi connectivity index (χ4n) is 3.57. The van der Waals surface area contributed by atoms with Crippen LogP contribution in [0.3, 0.4) is 0 Å². The van der Waals surface area contributed by atoms with Crippen molar-refractivity contribution in [3.63, 3.8) is 0 Å². The Morgan fingerprint density at radius 1 is 1.53 bits per heavy atom. The smallest absolute Gasteiger partial charge is 0.0691 e. The number of fused-ring (bicyclic) bond motifs is 1. The summed E-state index contributed by atoms with van der Waals surface area (Å²) < 4.78 is 5.80. The lowest BCUT2D eigenvalue weighted by atomic mass is 9.48. The Labute approximate surface area is 105 Å². The van der Waals surface area contributed by atoms with Gasteiger partial charge in [-0.2, -0.15) is 0 Å². The number of hydrogen-bond acceptors (Lipinski definition) is 3. The molecule has 1 saturated heterocycles. The highest BCUT2D eigenvalue weighted by atomic mass is 16.5. The molecule has 96 valence electrons. The van der Waals surface area contributed by atoms with Crippen LogP contribution in [0.25, 0.3) is 0 Å². The molecule has 0 spiro atoms. The van der Waals surface area contributed by atoms with E-state index >= 15 is 0 Å². The highest BCUT2D eigenvalue weighted by Crippen LogP contribution is 2.58. The molecule has 3 heteroatoms. The molecule has 2 rings (SSSR count). The van der Waals surface area contributed by atoms with Crippen LogP contribution in [0.5, 0.6) is 0 Å². The Morgan fingerprint density at radius 2 is 2.24 bits per heavy atom. The van der Waals surface area contributed by atoms with E-state index in [1.165, 1.54) is 0 Å². The molecule has 3 atom stereocenters. The van der Waals surface area contributed by atoms with Gasteiger partial charge in [-0.05, 0) is 13.0 Å². The van der Waals surface area contributed by atoms with Gasteiger partial charge in [-0.3, -0.25) is 4.90 Å². The second kappa shape index (κ2) is 4.28. The minimum absolute atomic E-state index is 0.0518. The Bertz CT molecular complexity index is 334. The van der Waals surface area contributed by atoms with Crippen LogP contribution in [0.2, 0.25) is 0 Å². The Kier molecular flexibility index (Phi) is 3.24. The van der Waals surface area contributed by atoms with Crippen molar-refractivity contribution in [2.24, 2.45) is 17.1 Å². The highest BCUT2D eigenvalue weighted by molar-refractivity contribution is 5.21.